The highest BCUT2D eigenvalue weighted by Crippen LogP contribution is 2.43. The molecule has 0 saturated carbocycles. The van der Waals surface area contributed by atoms with Gasteiger partial charge in [-0.05, 0) is 87.6 Å². The molecule has 4 nitrogen and oxygen atoms in total. The van der Waals surface area contributed by atoms with Gasteiger partial charge >= 0.3 is 0 Å². The molecule has 8 aromatic carbocycles. The van der Waals surface area contributed by atoms with Crippen molar-refractivity contribution in [1.29, 1.82) is 0 Å². The van der Waals surface area contributed by atoms with E-state index in [-0.39, 0.29) is 0 Å². The van der Waals surface area contributed by atoms with Gasteiger partial charge in [-0.1, -0.05) is 133 Å². The number of furan rings is 1. The summed E-state index contributed by atoms with van der Waals surface area (Å²) in [5, 5.41) is 5.41. The highest BCUT2D eigenvalue weighted by Gasteiger charge is 2.23. The average molecular weight is 666 g/mol. The van der Waals surface area contributed by atoms with Crippen molar-refractivity contribution in [2.75, 3.05) is 4.90 Å². The summed E-state index contributed by atoms with van der Waals surface area (Å²) in [7, 11) is 0. The Balaban J connectivity index is 1.24. The standard InChI is InChI=1S/C48H31N3O/c1-4-14-32(15-5-1)34-24-26-39(27-25-34)51(38-20-8-3-9-21-38)48-49-44-23-13-12-22-40(44)46(50-48)43-30-37(33-16-6-2-7-17-33)29-42-41-28-35-18-10-11-19-36(35)31-45(41)52-47(42)43/h1-31H. The van der Waals surface area contributed by atoms with Crippen LogP contribution in [0.1, 0.15) is 0 Å². The summed E-state index contributed by atoms with van der Waals surface area (Å²) in [4.78, 5) is 12.8. The largest absolute Gasteiger partial charge is 0.455 e. The summed E-state index contributed by atoms with van der Waals surface area (Å²) in [6.07, 6.45) is 0. The van der Waals surface area contributed by atoms with Gasteiger partial charge in [-0.15, -0.1) is 0 Å². The van der Waals surface area contributed by atoms with Gasteiger partial charge in [0, 0.05) is 33.1 Å². The lowest BCUT2D eigenvalue weighted by molar-refractivity contribution is 0.670. The predicted octanol–water partition coefficient (Wildman–Crippen LogP) is 13.2. The lowest BCUT2D eigenvalue weighted by Crippen LogP contribution is -2.14. The Morgan fingerprint density at radius 1 is 0.404 bits per heavy atom. The summed E-state index contributed by atoms with van der Waals surface area (Å²) < 4.78 is 6.84. The summed E-state index contributed by atoms with van der Waals surface area (Å²) >= 11 is 0. The van der Waals surface area contributed by atoms with E-state index >= 15 is 0 Å². The molecular formula is C48H31N3O. The number of hydrogen-bond donors (Lipinski definition) is 0. The highest BCUT2D eigenvalue weighted by molar-refractivity contribution is 6.15. The number of aromatic nitrogens is 2. The third kappa shape index (κ3) is 5.17. The molecule has 0 atom stereocenters. The normalized spacial score (nSPS) is 11.5. The monoisotopic (exact) mass is 665 g/mol. The molecule has 10 rings (SSSR count). The highest BCUT2D eigenvalue weighted by atomic mass is 16.3. The summed E-state index contributed by atoms with van der Waals surface area (Å²) in [6, 6.07) is 65.5. The van der Waals surface area contributed by atoms with Crippen LogP contribution < -0.4 is 4.90 Å². The van der Waals surface area contributed by atoms with Crippen molar-refractivity contribution in [1.82, 2.24) is 9.97 Å². The minimum atomic E-state index is 0.576. The van der Waals surface area contributed by atoms with E-state index in [2.05, 4.69) is 163 Å². The molecule has 0 N–H and O–H groups in total. The molecule has 0 saturated heterocycles. The van der Waals surface area contributed by atoms with E-state index in [4.69, 9.17) is 14.4 Å². The first kappa shape index (κ1) is 29.8. The van der Waals surface area contributed by atoms with Gasteiger partial charge in [0.2, 0.25) is 5.95 Å². The zero-order valence-electron chi connectivity index (χ0n) is 28.1. The van der Waals surface area contributed by atoms with Gasteiger partial charge in [-0.3, -0.25) is 4.90 Å². The van der Waals surface area contributed by atoms with Gasteiger partial charge in [0.05, 0.1) is 11.2 Å². The molecule has 0 bridgehead atoms. The minimum absolute atomic E-state index is 0.576. The van der Waals surface area contributed by atoms with E-state index < -0.39 is 0 Å². The van der Waals surface area contributed by atoms with Crippen molar-refractivity contribution in [3.63, 3.8) is 0 Å². The third-order valence-corrected chi connectivity index (χ3v) is 9.84. The average Bonchev–Trinajstić information content (AvgIpc) is 3.58. The molecule has 52 heavy (non-hydrogen) atoms. The molecule has 0 aliphatic rings. The van der Waals surface area contributed by atoms with Crippen molar-refractivity contribution >= 4 is 60.9 Å². The number of nitrogens with zero attached hydrogens (tertiary/aromatic N) is 3. The van der Waals surface area contributed by atoms with E-state index in [1.165, 1.54) is 10.9 Å². The van der Waals surface area contributed by atoms with Crippen LogP contribution >= 0.6 is 0 Å². The number of fused-ring (bicyclic) bond motifs is 5. The van der Waals surface area contributed by atoms with Gasteiger partial charge in [-0.25, -0.2) is 9.97 Å². The smallest absolute Gasteiger partial charge is 0.235 e. The van der Waals surface area contributed by atoms with E-state index in [9.17, 15) is 0 Å². The Kier molecular flexibility index (Phi) is 7.10. The second-order valence-electron chi connectivity index (χ2n) is 13.0. The minimum Gasteiger partial charge on any atom is -0.455 e. The summed E-state index contributed by atoms with van der Waals surface area (Å²) in [5.74, 6) is 0.576. The number of anilines is 3. The Labute approximate surface area is 300 Å². The first-order valence-electron chi connectivity index (χ1n) is 17.5. The maximum Gasteiger partial charge on any atom is 0.235 e. The van der Waals surface area contributed by atoms with Crippen molar-refractivity contribution < 1.29 is 4.42 Å². The van der Waals surface area contributed by atoms with E-state index in [1.807, 2.05) is 30.3 Å². The zero-order chi connectivity index (χ0) is 34.4. The molecule has 0 unspecified atom stereocenters. The predicted molar refractivity (Wildman–Crippen MR) is 215 cm³/mol. The van der Waals surface area contributed by atoms with Crippen LogP contribution in [0, 0.1) is 0 Å². The van der Waals surface area contributed by atoms with Gasteiger partial charge in [0.1, 0.15) is 11.2 Å². The Bertz CT molecular complexity index is 2880. The summed E-state index contributed by atoms with van der Waals surface area (Å²) in [6.45, 7) is 0. The second kappa shape index (κ2) is 12.4. The molecular weight excluding hydrogens is 635 g/mol. The molecule has 4 heteroatoms. The molecule has 0 radical (unpaired) electrons. The fourth-order valence-electron chi connectivity index (χ4n) is 7.30. The Morgan fingerprint density at radius 2 is 0.981 bits per heavy atom. The fourth-order valence-corrected chi connectivity index (χ4v) is 7.30. The first-order valence-corrected chi connectivity index (χ1v) is 17.5. The second-order valence-corrected chi connectivity index (χ2v) is 13.0. The Morgan fingerprint density at radius 3 is 1.71 bits per heavy atom. The number of para-hydroxylation sites is 2. The van der Waals surface area contributed by atoms with Crippen LogP contribution in [0.15, 0.2) is 192 Å². The molecule has 0 spiro atoms. The van der Waals surface area contributed by atoms with Gasteiger partial charge in [0.25, 0.3) is 0 Å². The molecule has 10 aromatic rings. The molecule has 2 heterocycles. The maximum absolute atomic E-state index is 6.84. The third-order valence-electron chi connectivity index (χ3n) is 9.84. The van der Waals surface area contributed by atoms with Crippen LogP contribution in [-0.4, -0.2) is 9.97 Å². The van der Waals surface area contributed by atoms with Crippen LogP contribution in [0.3, 0.4) is 0 Å². The van der Waals surface area contributed by atoms with Crippen molar-refractivity contribution in [2.45, 2.75) is 0 Å². The Hall–Kier alpha value is -7.04. The van der Waals surface area contributed by atoms with Crippen molar-refractivity contribution in [2.24, 2.45) is 0 Å². The van der Waals surface area contributed by atoms with E-state index in [0.29, 0.717) is 5.95 Å². The molecule has 0 aliphatic carbocycles. The van der Waals surface area contributed by atoms with Crippen LogP contribution in [-0.2, 0) is 0 Å². The fraction of sp³-hybridized carbons (Fsp3) is 0. The lowest BCUT2D eigenvalue weighted by Gasteiger charge is -2.24. The topological polar surface area (TPSA) is 42.2 Å². The number of hydrogen-bond acceptors (Lipinski definition) is 4. The molecule has 2 aromatic heterocycles. The number of rotatable bonds is 6. The molecule has 0 amide bonds. The summed E-state index contributed by atoms with van der Waals surface area (Å²) in [5.41, 5.74) is 10.7. The van der Waals surface area contributed by atoms with Gasteiger partial charge in [0.15, 0.2) is 0 Å². The first-order chi connectivity index (χ1) is 25.8. The van der Waals surface area contributed by atoms with Crippen molar-refractivity contribution in [3.8, 4) is 33.5 Å². The SMILES string of the molecule is c1ccc(-c2ccc(N(c3ccccc3)c3nc(-c4cc(-c5ccccc5)cc5c4oc4cc6ccccc6cc45)c4ccccc4n3)cc2)cc1. The number of benzene rings is 8. The molecule has 0 aliphatic heterocycles. The van der Waals surface area contributed by atoms with Crippen LogP contribution in [0.25, 0.3) is 77.1 Å². The van der Waals surface area contributed by atoms with Crippen molar-refractivity contribution in [3.05, 3.63) is 188 Å². The quantitative estimate of drug-likeness (QED) is 0.177. The zero-order valence-corrected chi connectivity index (χ0v) is 28.1. The molecule has 244 valence electrons. The lowest BCUT2D eigenvalue weighted by atomic mass is 9.96. The van der Waals surface area contributed by atoms with E-state index in [1.54, 1.807) is 0 Å². The maximum atomic E-state index is 6.84. The van der Waals surface area contributed by atoms with Gasteiger partial charge < -0.3 is 4.42 Å². The van der Waals surface area contributed by atoms with Crippen LogP contribution in [0.4, 0.5) is 17.3 Å². The van der Waals surface area contributed by atoms with Crippen LogP contribution in [0.5, 0.6) is 0 Å². The molecule has 0 fully saturated rings. The van der Waals surface area contributed by atoms with E-state index in [0.717, 1.165) is 77.6 Å². The van der Waals surface area contributed by atoms with Crippen LogP contribution in [0.2, 0.25) is 0 Å². The van der Waals surface area contributed by atoms with Gasteiger partial charge in [-0.2, -0.15) is 0 Å².